The van der Waals surface area contributed by atoms with Crippen LogP contribution in [-0.4, -0.2) is 24.3 Å². The van der Waals surface area contributed by atoms with Crippen LogP contribution in [0.2, 0.25) is 0 Å². The standard InChI is InChI=1S/C16H22O4/c1-11(7-16(17)18)3-4-13-5-6-14-15(8-13)20-10-12(2)9-19-14/h5-6,8,11-12H,3-4,7,9-10H2,1-2H3,(H,17,18). The first kappa shape index (κ1) is 14.7. The highest BCUT2D eigenvalue weighted by molar-refractivity contribution is 5.66. The second kappa shape index (κ2) is 6.64. The molecule has 20 heavy (non-hydrogen) atoms. The molecule has 0 spiro atoms. The van der Waals surface area contributed by atoms with Crippen molar-refractivity contribution in [2.75, 3.05) is 13.2 Å². The van der Waals surface area contributed by atoms with E-state index in [2.05, 4.69) is 6.92 Å². The Morgan fingerprint density at radius 2 is 2.05 bits per heavy atom. The van der Waals surface area contributed by atoms with Crippen LogP contribution in [0.1, 0.15) is 32.3 Å². The first-order valence-corrected chi connectivity index (χ1v) is 7.15. The lowest BCUT2D eigenvalue weighted by atomic mass is 9.98. The van der Waals surface area contributed by atoms with Crippen molar-refractivity contribution in [1.82, 2.24) is 0 Å². The van der Waals surface area contributed by atoms with Gasteiger partial charge in [0, 0.05) is 12.3 Å². The highest BCUT2D eigenvalue weighted by Gasteiger charge is 2.15. The third-order valence-corrected chi connectivity index (χ3v) is 3.50. The molecule has 0 saturated heterocycles. The smallest absolute Gasteiger partial charge is 0.303 e. The molecule has 0 bridgehead atoms. The van der Waals surface area contributed by atoms with Crippen LogP contribution in [0.3, 0.4) is 0 Å². The molecular formula is C16H22O4. The Kier molecular flexibility index (Phi) is 4.88. The lowest BCUT2D eigenvalue weighted by Gasteiger charge is -2.11. The monoisotopic (exact) mass is 278 g/mol. The molecule has 2 rings (SSSR count). The van der Waals surface area contributed by atoms with Gasteiger partial charge in [-0.1, -0.05) is 19.9 Å². The maximum atomic E-state index is 10.6. The summed E-state index contributed by atoms with van der Waals surface area (Å²) in [6.07, 6.45) is 1.95. The summed E-state index contributed by atoms with van der Waals surface area (Å²) in [5.74, 6) is 1.45. The summed E-state index contributed by atoms with van der Waals surface area (Å²) >= 11 is 0. The second-order valence-corrected chi connectivity index (χ2v) is 5.75. The highest BCUT2D eigenvalue weighted by atomic mass is 16.5. The third kappa shape index (κ3) is 4.15. The van der Waals surface area contributed by atoms with E-state index in [1.165, 1.54) is 5.56 Å². The Hall–Kier alpha value is -1.71. The van der Waals surface area contributed by atoms with E-state index >= 15 is 0 Å². The molecule has 0 saturated carbocycles. The van der Waals surface area contributed by atoms with Crippen LogP contribution in [0, 0.1) is 11.8 Å². The van der Waals surface area contributed by atoms with Gasteiger partial charge >= 0.3 is 5.97 Å². The maximum absolute atomic E-state index is 10.6. The van der Waals surface area contributed by atoms with Gasteiger partial charge in [-0.05, 0) is 36.5 Å². The molecule has 4 nitrogen and oxygen atoms in total. The molecule has 0 aliphatic carbocycles. The number of aliphatic carboxylic acids is 1. The molecule has 1 aliphatic heterocycles. The zero-order valence-electron chi connectivity index (χ0n) is 12.1. The SMILES string of the molecule is CC1COc2ccc(CCC(C)CC(=O)O)cc2OC1. The van der Waals surface area contributed by atoms with Gasteiger partial charge < -0.3 is 14.6 Å². The molecule has 1 heterocycles. The number of carboxylic acid groups (broad SMARTS) is 1. The van der Waals surface area contributed by atoms with Crippen molar-refractivity contribution < 1.29 is 19.4 Å². The number of aryl methyl sites for hydroxylation is 1. The minimum Gasteiger partial charge on any atom is -0.489 e. The van der Waals surface area contributed by atoms with Crippen molar-refractivity contribution in [3.8, 4) is 11.5 Å². The Bertz CT molecular complexity index is 470. The van der Waals surface area contributed by atoms with Crippen LogP contribution in [-0.2, 0) is 11.2 Å². The van der Waals surface area contributed by atoms with Crippen LogP contribution >= 0.6 is 0 Å². The van der Waals surface area contributed by atoms with Crippen LogP contribution in [0.15, 0.2) is 18.2 Å². The van der Waals surface area contributed by atoms with Crippen LogP contribution in [0.25, 0.3) is 0 Å². The minimum absolute atomic E-state index is 0.184. The largest absolute Gasteiger partial charge is 0.489 e. The Labute approximate surface area is 119 Å². The van der Waals surface area contributed by atoms with Gasteiger partial charge in [-0.2, -0.15) is 0 Å². The molecule has 2 atom stereocenters. The number of ether oxygens (including phenoxy) is 2. The summed E-state index contributed by atoms with van der Waals surface area (Å²) in [5, 5.41) is 8.76. The van der Waals surface area contributed by atoms with Crippen molar-refractivity contribution in [2.45, 2.75) is 33.1 Å². The van der Waals surface area contributed by atoms with E-state index in [0.717, 1.165) is 24.3 Å². The van der Waals surface area contributed by atoms with E-state index in [1.807, 2.05) is 25.1 Å². The molecular weight excluding hydrogens is 256 g/mol. The summed E-state index contributed by atoms with van der Waals surface area (Å²) in [4.78, 5) is 10.6. The summed E-state index contributed by atoms with van der Waals surface area (Å²) in [7, 11) is 0. The van der Waals surface area contributed by atoms with E-state index in [-0.39, 0.29) is 12.3 Å². The maximum Gasteiger partial charge on any atom is 0.303 e. The van der Waals surface area contributed by atoms with Crippen molar-refractivity contribution >= 4 is 5.97 Å². The second-order valence-electron chi connectivity index (χ2n) is 5.75. The number of rotatable bonds is 5. The van der Waals surface area contributed by atoms with Crippen molar-refractivity contribution in [3.05, 3.63) is 23.8 Å². The molecule has 0 radical (unpaired) electrons. The molecule has 0 amide bonds. The summed E-state index contributed by atoms with van der Waals surface area (Å²) in [6, 6.07) is 6.00. The quantitative estimate of drug-likeness (QED) is 0.899. The van der Waals surface area contributed by atoms with Gasteiger partial charge in [0.2, 0.25) is 0 Å². The fourth-order valence-corrected chi connectivity index (χ4v) is 2.27. The predicted octanol–water partition coefficient (Wildman–Crippen LogP) is 3.14. The highest BCUT2D eigenvalue weighted by Crippen LogP contribution is 2.32. The molecule has 0 fully saturated rings. The first-order valence-electron chi connectivity index (χ1n) is 7.15. The lowest BCUT2D eigenvalue weighted by molar-refractivity contribution is -0.138. The number of benzene rings is 1. The van der Waals surface area contributed by atoms with Gasteiger partial charge in [0.15, 0.2) is 11.5 Å². The van der Waals surface area contributed by atoms with Gasteiger partial charge in [0.25, 0.3) is 0 Å². The lowest BCUT2D eigenvalue weighted by Crippen LogP contribution is -2.12. The van der Waals surface area contributed by atoms with Gasteiger partial charge in [-0.25, -0.2) is 0 Å². The zero-order valence-corrected chi connectivity index (χ0v) is 12.1. The fourth-order valence-electron chi connectivity index (χ4n) is 2.27. The Morgan fingerprint density at radius 3 is 2.75 bits per heavy atom. The molecule has 1 aromatic carbocycles. The summed E-state index contributed by atoms with van der Waals surface area (Å²) < 4.78 is 11.4. The molecule has 1 aliphatic rings. The number of carboxylic acids is 1. The predicted molar refractivity (Wildman–Crippen MR) is 76.3 cm³/mol. The average Bonchev–Trinajstić information content (AvgIpc) is 2.58. The molecule has 1 aromatic rings. The molecule has 2 unspecified atom stereocenters. The van der Waals surface area contributed by atoms with Crippen LogP contribution in [0.4, 0.5) is 0 Å². The molecule has 1 N–H and O–H groups in total. The summed E-state index contributed by atoms with van der Waals surface area (Å²) in [5.41, 5.74) is 1.17. The van der Waals surface area contributed by atoms with Crippen molar-refractivity contribution in [1.29, 1.82) is 0 Å². The third-order valence-electron chi connectivity index (χ3n) is 3.50. The van der Waals surface area contributed by atoms with Gasteiger partial charge in [-0.15, -0.1) is 0 Å². The van der Waals surface area contributed by atoms with E-state index in [0.29, 0.717) is 19.1 Å². The minimum atomic E-state index is -0.731. The Balaban J connectivity index is 1.95. The van der Waals surface area contributed by atoms with Crippen LogP contribution < -0.4 is 9.47 Å². The van der Waals surface area contributed by atoms with E-state index < -0.39 is 5.97 Å². The zero-order chi connectivity index (χ0) is 14.5. The summed E-state index contributed by atoms with van der Waals surface area (Å²) in [6.45, 7) is 5.42. The van der Waals surface area contributed by atoms with Crippen molar-refractivity contribution in [3.63, 3.8) is 0 Å². The van der Waals surface area contributed by atoms with E-state index in [9.17, 15) is 4.79 Å². The first-order chi connectivity index (χ1) is 9.54. The topological polar surface area (TPSA) is 55.8 Å². The Morgan fingerprint density at radius 1 is 1.35 bits per heavy atom. The van der Waals surface area contributed by atoms with Crippen molar-refractivity contribution in [2.24, 2.45) is 11.8 Å². The number of hydrogen-bond donors (Lipinski definition) is 1. The fraction of sp³-hybridized carbons (Fsp3) is 0.562. The van der Waals surface area contributed by atoms with E-state index in [1.54, 1.807) is 0 Å². The normalized spacial score (nSPS) is 19.2. The van der Waals surface area contributed by atoms with Gasteiger partial charge in [0.1, 0.15) is 0 Å². The van der Waals surface area contributed by atoms with E-state index in [4.69, 9.17) is 14.6 Å². The molecule has 4 heteroatoms. The number of hydrogen-bond acceptors (Lipinski definition) is 3. The van der Waals surface area contributed by atoms with Gasteiger partial charge in [-0.3, -0.25) is 4.79 Å². The molecule has 0 aromatic heterocycles. The number of carbonyl (C=O) groups is 1. The average molecular weight is 278 g/mol. The molecule has 110 valence electrons. The number of fused-ring (bicyclic) bond motifs is 1. The van der Waals surface area contributed by atoms with Crippen LogP contribution in [0.5, 0.6) is 11.5 Å². The van der Waals surface area contributed by atoms with Gasteiger partial charge in [0.05, 0.1) is 13.2 Å².